The molecule has 1 fully saturated rings. The smallest absolute Gasteiger partial charge is 0.163 e. The highest BCUT2D eigenvalue weighted by Gasteiger charge is 2.32. The van der Waals surface area contributed by atoms with Crippen LogP contribution in [0.4, 0.5) is 0 Å². The molecule has 2 atom stereocenters. The van der Waals surface area contributed by atoms with Crippen molar-refractivity contribution in [2.75, 3.05) is 6.61 Å². The standard InChI is InChI=1S/C11H22O2/c1-5-6-9(2)7-10-8-12-11(3,4)13-10/h9-10H,5-8H2,1-4H3. The summed E-state index contributed by atoms with van der Waals surface area (Å²) < 4.78 is 11.3. The van der Waals surface area contributed by atoms with Crippen molar-refractivity contribution in [3.05, 3.63) is 0 Å². The van der Waals surface area contributed by atoms with Crippen molar-refractivity contribution in [3.63, 3.8) is 0 Å². The van der Waals surface area contributed by atoms with Crippen molar-refractivity contribution in [2.45, 2.75) is 58.8 Å². The molecule has 1 heterocycles. The molecule has 0 aromatic carbocycles. The molecule has 1 aliphatic heterocycles. The van der Waals surface area contributed by atoms with E-state index in [1.807, 2.05) is 13.8 Å². The van der Waals surface area contributed by atoms with E-state index in [1.54, 1.807) is 0 Å². The lowest BCUT2D eigenvalue weighted by molar-refractivity contribution is -0.140. The van der Waals surface area contributed by atoms with Crippen LogP contribution in [0.25, 0.3) is 0 Å². The van der Waals surface area contributed by atoms with E-state index in [0.29, 0.717) is 6.10 Å². The SMILES string of the molecule is CCCC(C)CC1COC(C)(C)O1. The van der Waals surface area contributed by atoms with Gasteiger partial charge in [0.05, 0.1) is 12.7 Å². The average molecular weight is 186 g/mol. The maximum Gasteiger partial charge on any atom is 0.163 e. The summed E-state index contributed by atoms with van der Waals surface area (Å²) in [5.41, 5.74) is 0. The Morgan fingerprint density at radius 2 is 2.15 bits per heavy atom. The van der Waals surface area contributed by atoms with E-state index >= 15 is 0 Å². The Labute approximate surface area is 81.6 Å². The van der Waals surface area contributed by atoms with Gasteiger partial charge in [-0.05, 0) is 26.2 Å². The first-order valence-electron chi connectivity index (χ1n) is 5.35. The normalized spacial score (nSPS) is 29.1. The Morgan fingerprint density at radius 1 is 1.46 bits per heavy atom. The quantitative estimate of drug-likeness (QED) is 0.672. The van der Waals surface area contributed by atoms with Gasteiger partial charge in [0.1, 0.15) is 0 Å². The Morgan fingerprint density at radius 3 is 2.62 bits per heavy atom. The van der Waals surface area contributed by atoms with Crippen molar-refractivity contribution in [3.8, 4) is 0 Å². The Hall–Kier alpha value is -0.0800. The van der Waals surface area contributed by atoms with Crippen LogP contribution < -0.4 is 0 Å². The summed E-state index contributed by atoms with van der Waals surface area (Å²) in [6, 6.07) is 0. The summed E-state index contributed by atoms with van der Waals surface area (Å²) in [4.78, 5) is 0. The monoisotopic (exact) mass is 186 g/mol. The van der Waals surface area contributed by atoms with Crippen molar-refractivity contribution in [2.24, 2.45) is 5.92 Å². The Bertz CT molecular complexity index is 154. The first-order chi connectivity index (χ1) is 6.03. The van der Waals surface area contributed by atoms with Gasteiger partial charge in [-0.15, -0.1) is 0 Å². The molecule has 1 aliphatic rings. The van der Waals surface area contributed by atoms with Gasteiger partial charge in [0.2, 0.25) is 0 Å². The summed E-state index contributed by atoms with van der Waals surface area (Å²) in [5, 5.41) is 0. The first kappa shape index (κ1) is 11.0. The molecular formula is C11H22O2. The molecule has 0 aliphatic carbocycles. The second-order valence-electron chi connectivity index (χ2n) is 4.58. The molecule has 0 N–H and O–H groups in total. The van der Waals surface area contributed by atoms with Gasteiger partial charge < -0.3 is 9.47 Å². The van der Waals surface area contributed by atoms with Crippen molar-refractivity contribution >= 4 is 0 Å². The van der Waals surface area contributed by atoms with Gasteiger partial charge in [0, 0.05) is 0 Å². The predicted octanol–water partition coefficient (Wildman–Crippen LogP) is 2.96. The Balaban J connectivity index is 2.24. The van der Waals surface area contributed by atoms with E-state index in [0.717, 1.165) is 18.9 Å². The van der Waals surface area contributed by atoms with Gasteiger partial charge in [0.25, 0.3) is 0 Å². The van der Waals surface area contributed by atoms with Crippen molar-refractivity contribution in [1.82, 2.24) is 0 Å². The zero-order valence-electron chi connectivity index (χ0n) is 9.30. The highest BCUT2D eigenvalue weighted by atomic mass is 16.7. The van der Waals surface area contributed by atoms with Crippen LogP contribution in [0.5, 0.6) is 0 Å². The van der Waals surface area contributed by atoms with Gasteiger partial charge in [-0.1, -0.05) is 26.7 Å². The molecule has 2 unspecified atom stereocenters. The zero-order chi connectivity index (χ0) is 9.90. The van der Waals surface area contributed by atoms with Crippen LogP contribution in [0.1, 0.15) is 47.0 Å². The van der Waals surface area contributed by atoms with Crippen LogP contribution in [-0.2, 0) is 9.47 Å². The van der Waals surface area contributed by atoms with Crippen LogP contribution >= 0.6 is 0 Å². The average Bonchev–Trinajstić information content (AvgIpc) is 2.30. The predicted molar refractivity (Wildman–Crippen MR) is 53.6 cm³/mol. The van der Waals surface area contributed by atoms with E-state index in [9.17, 15) is 0 Å². The lowest BCUT2D eigenvalue weighted by Crippen LogP contribution is -2.22. The molecule has 13 heavy (non-hydrogen) atoms. The lowest BCUT2D eigenvalue weighted by atomic mass is 9.99. The van der Waals surface area contributed by atoms with Crippen LogP contribution in [0.3, 0.4) is 0 Å². The third-order valence-electron chi connectivity index (χ3n) is 2.51. The van der Waals surface area contributed by atoms with E-state index in [1.165, 1.54) is 12.8 Å². The number of hydrogen-bond acceptors (Lipinski definition) is 2. The molecule has 1 rings (SSSR count). The van der Waals surface area contributed by atoms with Gasteiger partial charge in [-0.25, -0.2) is 0 Å². The van der Waals surface area contributed by atoms with Gasteiger partial charge in [0.15, 0.2) is 5.79 Å². The van der Waals surface area contributed by atoms with Crippen LogP contribution in [0.2, 0.25) is 0 Å². The van der Waals surface area contributed by atoms with Crippen LogP contribution in [0, 0.1) is 5.92 Å². The molecule has 0 saturated carbocycles. The summed E-state index contributed by atoms with van der Waals surface area (Å²) in [6.07, 6.45) is 4.01. The lowest BCUT2D eigenvalue weighted by Gasteiger charge is -2.18. The fourth-order valence-corrected chi connectivity index (χ4v) is 1.94. The van der Waals surface area contributed by atoms with Crippen molar-refractivity contribution < 1.29 is 9.47 Å². The molecule has 0 radical (unpaired) electrons. The molecule has 1 saturated heterocycles. The molecule has 78 valence electrons. The maximum absolute atomic E-state index is 5.74. The molecule has 0 spiro atoms. The fraction of sp³-hybridized carbons (Fsp3) is 1.00. The largest absolute Gasteiger partial charge is 0.348 e. The minimum absolute atomic E-state index is 0.316. The zero-order valence-corrected chi connectivity index (χ0v) is 9.30. The topological polar surface area (TPSA) is 18.5 Å². The molecular weight excluding hydrogens is 164 g/mol. The molecule has 0 bridgehead atoms. The van der Waals surface area contributed by atoms with Gasteiger partial charge in [-0.3, -0.25) is 0 Å². The minimum atomic E-state index is -0.351. The summed E-state index contributed by atoms with van der Waals surface area (Å²) in [5.74, 6) is 0.406. The van der Waals surface area contributed by atoms with E-state index in [-0.39, 0.29) is 5.79 Å². The summed E-state index contributed by atoms with van der Waals surface area (Å²) in [7, 11) is 0. The highest BCUT2D eigenvalue weighted by Crippen LogP contribution is 2.27. The van der Waals surface area contributed by atoms with E-state index < -0.39 is 0 Å². The highest BCUT2D eigenvalue weighted by molar-refractivity contribution is 4.72. The molecule has 2 nitrogen and oxygen atoms in total. The van der Waals surface area contributed by atoms with Gasteiger partial charge >= 0.3 is 0 Å². The van der Waals surface area contributed by atoms with Gasteiger partial charge in [-0.2, -0.15) is 0 Å². The van der Waals surface area contributed by atoms with Crippen LogP contribution in [0.15, 0.2) is 0 Å². The third-order valence-corrected chi connectivity index (χ3v) is 2.51. The van der Waals surface area contributed by atoms with E-state index in [2.05, 4.69) is 13.8 Å². The first-order valence-corrected chi connectivity index (χ1v) is 5.35. The summed E-state index contributed by atoms with van der Waals surface area (Å²) in [6.45, 7) is 9.25. The second kappa shape index (κ2) is 4.43. The molecule has 0 aromatic rings. The second-order valence-corrected chi connectivity index (χ2v) is 4.58. The van der Waals surface area contributed by atoms with Crippen molar-refractivity contribution in [1.29, 1.82) is 0 Å². The molecule has 0 aromatic heterocycles. The minimum Gasteiger partial charge on any atom is -0.348 e. The van der Waals surface area contributed by atoms with Crippen LogP contribution in [-0.4, -0.2) is 18.5 Å². The van der Waals surface area contributed by atoms with E-state index in [4.69, 9.17) is 9.47 Å². The Kier molecular flexibility index (Phi) is 3.74. The fourth-order valence-electron chi connectivity index (χ4n) is 1.94. The number of rotatable bonds is 4. The third kappa shape index (κ3) is 3.65. The molecule has 2 heteroatoms. The maximum atomic E-state index is 5.74. The molecule has 0 amide bonds. The number of ether oxygens (including phenoxy) is 2. The summed E-state index contributed by atoms with van der Waals surface area (Å²) >= 11 is 0. The number of hydrogen-bond donors (Lipinski definition) is 0.